The molecule has 29 heavy (non-hydrogen) atoms. The number of rotatable bonds is 5. The van der Waals surface area contributed by atoms with Gasteiger partial charge in [0.1, 0.15) is 0 Å². The van der Waals surface area contributed by atoms with Crippen molar-refractivity contribution in [2.24, 2.45) is 0 Å². The van der Waals surface area contributed by atoms with Gasteiger partial charge in [-0.3, -0.25) is 19.5 Å². The molecule has 2 aromatic carbocycles. The van der Waals surface area contributed by atoms with Gasteiger partial charge in [-0.15, -0.1) is 0 Å². The molecule has 0 unspecified atom stereocenters. The Labute approximate surface area is 180 Å². The summed E-state index contributed by atoms with van der Waals surface area (Å²) >= 11 is 4.43. The van der Waals surface area contributed by atoms with E-state index in [9.17, 15) is 14.4 Å². The smallest absolute Gasteiger partial charge is 0.308 e. The fraction of sp³-hybridized carbons (Fsp3) is 0.200. The van der Waals surface area contributed by atoms with Crippen LogP contribution in [0.1, 0.15) is 19.9 Å². The molecule has 7 nitrogen and oxygen atoms in total. The number of halogens is 1. The summed E-state index contributed by atoms with van der Waals surface area (Å²) in [5.74, 6) is -0.534. The fourth-order valence-electron chi connectivity index (χ4n) is 2.67. The molecule has 0 aliphatic heterocycles. The van der Waals surface area contributed by atoms with Crippen LogP contribution in [0.4, 0.5) is 10.5 Å². The molecule has 0 saturated carbocycles. The largest absolute Gasteiger partial charge is 0.325 e. The monoisotopic (exact) mass is 474 g/mol. The number of imide groups is 1. The molecular weight excluding hydrogens is 456 g/mol. The number of urea groups is 1. The Balaban J connectivity index is 1.68. The molecule has 0 radical (unpaired) electrons. The van der Waals surface area contributed by atoms with Gasteiger partial charge in [0.15, 0.2) is 5.16 Å². The van der Waals surface area contributed by atoms with Gasteiger partial charge in [0.2, 0.25) is 5.91 Å². The maximum atomic E-state index is 12.8. The van der Waals surface area contributed by atoms with Crippen molar-refractivity contribution in [1.29, 1.82) is 0 Å². The molecule has 3 amide bonds. The van der Waals surface area contributed by atoms with E-state index >= 15 is 0 Å². The molecule has 0 atom stereocenters. The highest BCUT2D eigenvalue weighted by atomic mass is 79.9. The van der Waals surface area contributed by atoms with E-state index in [1.807, 2.05) is 19.9 Å². The van der Waals surface area contributed by atoms with E-state index in [-0.39, 0.29) is 17.4 Å². The average Bonchev–Trinajstić information content (AvgIpc) is 2.68. The number of anilines is 1. The second-order valence-electron chi connectivity index (χ2n) is 6.48. The van der Waals surface area contributed by atoms with Crippen LogP contribution in [0, 0.1) is 0 Å². The zero-order chi connectivity index (χ0) is 21.0. The first-order chi connectivity index (χ1) is 13.8. The van der Waals surface area contributed by atoms with Gasteiger partial charge in [-0.1, -0.05) is 39.8 Å². The molecule has 0 saturated heterocycles. The number of hydrogen-bond acceptors (Lipinski definition) is 5. The molecule has 1 aromatic heterocycles. The number of aromatic nitrogens is 2. The standard InChI is InChI=1S/C20H19BrN4O3S/c1-12(2)25-18(27)15-5-3-4-6-16(15)23-20(25)29-11-17(26)24-19(28)22-14-9-7-13(21)8-10-14/h3-10,12H,11H2,1-2H3,(H2,22,24,26,28). The number of thioether (sulfide) groups is 1. The van der Waals surface area contributed by atoms with Crippen molar-refractivity contribution in [2.75, 3.05) is 11.1 Å². The van der Waals surface area contributed by atoms with Gasteiger partial charge in [-0.05, 0) is 50.2 Å². The van der Waals surface area contributed by atoms with E-state index in [2.05, 4.69) is 31.5 Å². The predicted molar refractivity (Wildman–Crippen MR) is 118 cm³/mol. The van der Waals surface area contributed by atoms with Gasteiger partial charge < -0.3 is 5.32 Å². The average molecular weight is 475 g/mol. The van der Waals surface area contributed by atoms with Gasteiger partial charge in [0.05, 0.1) is 16.7 Å². The number of hydrogen-bond donors (Lipinski definition) is 2. The van der Waals surface area contributed by atoms with E-state index in [1.54, 1.807) is 47.0 Å². The summed E-state index contributed by atoms with van der Waals surface area (Å²) in [6, 6.07) is 13.3. The van der Waals surface area contributed by atoms with Crippen LogP contribution in [0.5, 0.6) is 0 Å². The third-order valence-electron chi connectivity index (χ3n) is 3.98. The summed E-state index contributed by atoms with van der Waals surface area (Å²) < 4.78 is 2.44. The normalized spacial score (nSPS) is 10.9. The fourth-order valence-corrected chi connectivity index (χ4v) is 3.86. The van der Waals surface area contributed by atoms with Crippen molar-refractivity contribution in [3.8, 4) is 0 Å². The summed E-state index contributed by atoms with van der Waals surface area (Å²) in [6.07, 6.45) is 0. The molecule has 9 heteroatoms. The molecule has 150 valence electrons. The predicted octanol–water partition coefficient (Wildman–Crippen LogP) is 4.18. The summed E-state index contributed by atoms with van der Waals surface area (Å²) in [6.45, 7) is 3.77. The summed E-state index contributed by atoms with van der Waals surface area (Å²) in [5, 5.41) is 5.83. The van der Waals surface area contributed by atoms with E-state index in [0.29, 0.717) is 21.7 Å². The number of amides is 3. The minimum atomic E-state index is -0.620. The van der Waals surface area contributed by atoms with Crippen molar-refractivity contribution >= 4 is 56.2 Å². The van der Waals surface area contributed by atoms with Gasteiger partial charge in [0.25, 0.3) is 5.56 Å². The second kappa shape index (κ2) is 9.23. The first-order valence-corrected chi connectivity index (χ1v) is 10.6. The number of nitrogens with zero attached hydrogens (tertiary/aromatic N) is 2. The van der Waals surface area contributed by atoms with E-state index in [1.165, 1.54) is 0 Å². The number of benzene rings is 2. The summed E-state index contributed by atoms with van der Waals surface area (Å²) in [4.78, 5) is 41.5. The first-order valence-electron chi connectivity index (χ1n) is 8.85. The number of carbonyl (C=O) groups is 2. The molecule has 3 aromatic rings. The van der Waals surface area contributed by atoms with Crippen molar-refractivity contribution in [2.45, 2.75) is 25.0 Å². The molecule has 0 aliphatic carbocycles. The van der Waals surface area contributed by atoms with E-state index in [4.69, 9.17) is 0 Å². The zero-order valence-electron chi connectivity index (χ0n) is 15.8. The Hall–Kier alpha value is -2.65. The zero-order valence-corrected chi connectivity index (χ0v) is 18.2. The van der Waals surface area contributed by atoms with Crippen molar-refractivity contribution in [1.82, 2.24) is 14.9 Å². The maximum Gasteiger partial charge on any atom is 0.325 e. The molecule has 0 aliphatic rings. The lowest BCUT2D eigenvalue weighted by atomic mass is 10.2. The van der Waals surface area contributed by atoms with E-state index in [0.717, 1.165) is 16.2 Å². The Morgan fingerprint density at radius 1 is 1.14 bits per heavy atom. The molecule has 3 rings (SSSR count). The Kier molecular flexibility index (Phi) is 6.71. The maximum absolute atomic E-state index is 12.8. The van der Waals surface area contributed by atoms with Gasteiger partial charge in [-0.25, -0.2) is 9.78 Å². The van der Waals surface area contributed by atoms with Crippen LogP contribution < -0.4 is 16.2 Å². The van der Waals surface area contributed by atoms with Crippen LogP contribution in [0.2, 0.25) is 0 Å². The minimum Gasteiger partial charge on any atom is -0.308 e. The second-order valence-corrected chi connectivity index (χ2v) is 8.34. The number of para-hydroxylation sites is 1. The summed E-state index contributed by atoms with van der Waals surface area (Å²) in [7, 11) is 0. The molecule has 1 heterocycles. The molecule has 0 spiro atoms. The van der Waals surface area contributed by atoms with Crippen molar-refractivity contribution in [3.63, 3.8) is 0 Å². The minimum absolute atomic E-state index is 0.0503. The molecular formula is C20H19BrN4O3S. The Bertz CT molecular complexity index is 1110. The highest BCUT2D eigenvalue weighted by Crippen LogP contribution is 2.20. The third-order valence-corrected chi connectivity index (χ3v) is 5.46. The van der Waals surface area contributed by atoms with Gasteiger partial charge in [0, 0.05) is 16.2 Å². The van der Waals surface area contributed by atoms with E-state index < -0.39 is 11.9 Å². The lowest BCUT2D eigenvalue weighted by Gasteiger charge is -2.16. The van der Waals surface area contributed by atoms with Crippen molar-refractivity contribution < 1.29 is 9.59 Å². The molecule has 0 bridgehead atoms. The number of fused-ring (bicyclic) bond motifs is 1. The highest BCUT2D eigenvalue weighted by molar-refractivity contribution is 9.10. The number of nitrogens with one attached hydrogen (secondary N) is 2. The molecule has 0 fully saturated rings. The van der Waals surface area contributed by atoms with Crippen LogP contribution in [0.3, 0.4) is 0 Å². The quantitative estimate of drug-likeness (QED) is 0.427. The van der Waals surface area contributed by atoms with Crippen LogP contribution >= 0.6 is 27.7 Å². The van der Waals surface area contributed by atoms with Gasteiger partial charge >= 0.3 is 6.03 Å². The number of carbonyl (C=O) groups excluding carboxylic acids is 2. The van der Waals surface area contributed by atoms with Crippen LogP contribution in [-0.4, -0.2) is 27.2 Å². The molecule has 2 N–H and O–H groups in total. The lowest BCUT2D eigenvalue weighted by Crippen LogP contribution is -2.35. The summed E-state index contributed by atoms with van der Waals surface area (Å²) in [5.41, 5.74) is 0.989. The van der Waals surface area contributed by atoms with Crippen LogP contribution in [-0.2, 0) is 4.79 Å². The van der Waals surface area contributed by atoms with Crippen LogP contribution in [0.15, 0.2) is 63.0 Å². The van der Waals surface area contributed by atoms with Gasteiger partial charge in [-0.2, -0.15) is 0 Å². The third kappa shape index (κ3) is 5.24. The lowest BCUT2D eigenvalue weighted by molar-refractivity contribution is -0.117. The first kappa shape index (κ1) is 21.1. The van der Waals surface area contributed by atoms with Crippen LogP contribution in [0.25, 0.3) is 10.9 Å². The Morgan fingerprint density at radius 3 is 2.52 bits per heavy atom. The SMILES string of the molecule is CC(C)n1c(SCC(=O)NC(=O)Nc2ccc(Br)cc2)nc2ccccc2c1=O. The van der Waals surface area contributed by atoms with Crippen molar-refractivity contribution in [3.05, 3.63) is 63.4 Å². The Morgan fingerprint density at radius 2 is 1.83 bits per heavy atom. The topological polar surface area (TPSA) is 93.1 Å². The highest BCUT2D eigenvalue weighted by Gasteiger charge is 2.16.